The molecule has 1 aromatic heterocycles. The van der Waals surface area contributed by atoms with Gasteiger partial charge >= 0.3 is 0 Å². The van der Waals surface area contributed by atoms with Crippen LogP contribution >= 0.6 is 0 Å². The summed E-state index contributed by atoms with van der Waals surface area (Å²) in [4.78, 5) is 4.06. The molecule has 2 N–H and O–H groups in total. The second-order valence-electron chi connectivity index (χ2n) is 3.96. The van der Waals surface area contributed by atoms with Crippen LogP contribution in [-0.2, 0) is 6.61 Å². The van der Waals surface area contributed by atoms with E-state index in [2.05, 4.69) is 4.98 Å². The molecule has 0 fully saturated rings. The predicted molar refractivity (Wildman–Crippen MR) is 69.2 cm³/mol. The number of nitrogens with two attached hydrogens (primary N) is 1. The molecule has 2 aromatic carbocycles. The Balaban J connectivity index is 1.78. The van der Waals surface area contributed by atoms with Gasteiger partial charge in [-0.25, -0.2) is 0 Å². The number of rotatable bonds is 3. The Morgan fingerprint density at radius 2 is 1.94 bits per heavy atom. The van der Waals surface area contributed by atoms with Gasteiger partial charge in [0.15, 0.2) is 5.58 Å². The van der Waals surface area contributed by atoms with E-state index >= 15 is 0 Å². The van der Waals surface area contributed by atoms with Gasteiger partial charge in [0.25, 0.3) is 6.01 Å². The third-order valence-electron chi connectivity index (χ3n) is 2.62. The maximum atomic E-state index is 5.69. The third-order valence-corrected chi connectivity index (χ3v) is 2.62. The van der Waals surface area contributed by atoms with Gasteiger partial charge < -0.3 is 14.9 Å². The molecule has 90 valence electrons. The largest absolute Gasteiger partial charge is 0.489 e. The summed E-state index contributed by atoms with van der Waals surface area (Å²) in [6.45, 7) is 0.527. The number of fused-ring (bicyclic) bond motifs is 1. The van der Waals surface area contributed by atoms with Gasteiger partial charge in [-0.15, -0.1) is 0 Å². The number of nitrogen functional groups attached to an aromatic ring is 1. The van der Waals surface area contributed by atoms with Crippen molar-refractivity contribution in [3.63, 3.8) is 0 Å². The average molecular weight is 240 g/mol. The summed E-state index contributed by atoms with van der Waals surface area (Å²) in [7, 11) is 0. The molecule has 0 saturated heterocycles. The van der Waals surface area contributed by atoms with Crippen molar-refractivity contribution < 1.29 is 9.15 Å². The van der Waals surface area contributed by atoms with Crippen molar-refractivity contribution in [3.05, 3.63) is 54.1 Å². The van der Waals surface area contributed by atoms with Crippen LogP contribution in [0.3, 0.4) is 0 Å². The first kappa shape index (κ1) is 10.7. The summed E-state index contributed by atoms with van der Waals surface area (Å²) >= 11 is 0. The predicted octanol–water partition coefficient (Wildman–Crippen LogP) is 2.99. The molecule has 0 aliphatic carbocycles. The first-order chi connectivity index (χ1) is 8.81. The summed E-state index contributed by atoms with van der Waals surface area (Å²) in [5.41, 5.74) is 7.98. The van der Waals surface area contributed by atoms with Crippen LogP contribution in [0.4, 0.5) is 6.01 Å². The zero-order valence-corrected chi connectivity index (χ0v) is 9.67. The van der Waals surface area contributed by atoms with Crippen molar-refractivity contribution in [2.75, 3.05) is 5.73 Å². The minimum atomic E-state index is 0.171. The highest BCUT2D eigenvalue weighted by Gasteiger charge is 2.04. The molecule has 3 aromatic rings. The van der Waals surface area contributed by atoms with E-state index in [1.165, 1.54) is 0 Å². The van der Waals surface area contributed by atoms with Crippen molar-refractivity contribution in [2.45, 2.75) is 6.61 Å². The Bertz CT molecular complexity index is 662. The van der Waals surface area contributed by atoms with E-state index in [0.29, 0.717) is 17.7 Å². The Labute approximate surface area is 104 Å². The van der Waals surface area contributed by atoms with Crippen LogP contribution in [0, 0.1) is 0 Å². The topological polar surface area (TPSA) is 61.3 Å². The lowest BCUT2D eigenvalue weighted by Gasteiger charge is -2.05. The highest BCUT2D eigenvalue weighted by molar-refractivity contribution is 5.75. The highest BCUT2D eigenvalue weighted by Crippen LogP contribution is 2.22. The molecule has 0 aliphatic heterocycles. The second-order valence-corrected chi connectivity index (χ2v) is 3.96. The van der Waals surface area contributed by atoms with E-state index in [1.54, 1.807) is 6.07 Å². The standard InChI is InChI=1S/C14H12N2O2/c15-14-16-12-8-11(6-7-13(12)18-14)17-9-10-4-2-1-3-5-10/h1-8H,9H2,(H2,15,16). The number of anilines is 1. The van der Waals surface area contributed by atoms with Gasteiger partial charge in [-0.2, -0.15) is 4.98 Å². The lowest BCUT2D eigenvalue weighted by Crippen LogP contribution is -1.94. The van der Waals surface area contributed by atoms with Crippen molar-refractivity contribution in [2.24, 2.45) is 0 Å². The normalized spacial score (nSPS) is 10.7. The molecule has 0 saturated carbocycles. The summed E-state index contributed by atoms with van der Waals surface area (Å²) < 4.78 is 10.9. The van der Waals surface area contributed by atoms with Crippen LogP contribution in [0.2, 0.25) is 0 Å². The number of benzene rings is 2. The lowest BCUT2D eigenvalue weighted by atomic mass is 10.2. The number of nitrogens with zero attached hydrogens (tertiary/aromatic N) is 1. The molecule has 0 radical (unpaired) electrons. The zero-order chi connectivity index (χ0) is 12.4. The van der Waals surface area contributed by atoms with Gasteiger partial charge in [-0.1, -0.05) is 30.3 Å². The lowest BCUT2D eigenvalue weighted by molar-refractivity contribution is 0.306. The summed E-state index contributed by atoms with van der Waals surface area (Å²) in [6.07, 6.45) is 0. The van der Waals surface area contributed by atoms with Crippen molar-refractivity contribution in [3.8, 4) is 5.75 Å². The molecule has 1 heterocycles. The van der Waals surface area contributed by atoms with Crippen LogP contribution in [0.1, 0.15) is 5.56 Å². The van der Waals surface area contributed by atoms with E-state index in [0.717, 1.165) is 11.3 Å². The monoisotopic (exact) mass is 240 g/mol. The van der Waals surface area contributed by atoms with Crippen molar-refractivity contribution in [1.29, 1.82) is 0 Å². The molecule has 0 atom stereocenters. The van der Waals surface area contributed by atoms with Crippen molar-refractivity contribution >= 4 is 17.1 Å². The summed E-state index contributed by atoms with van der Waals surface area (Å²) in [5, 5.41) is 0. The van der Waals surface area contributed by atoms with Gasteiger partial charge in [0, 0.05) is 6.07 Å². The quantitative estimate of drug-likeness (QED) is 0.764. The van der Waals surface area contributed by atoms with Crippen LogP contribution in [0.15, 0.2) is 52.9 Å². The van der Waals surface area contributed by atoms with Crippen molar-refractivity contribution in [1.82, 2.24) is 4.98 Å². The van der Waals surface area contributed by atoms with E-state index in [4.69, 9.17) is 14.9 Å². The maximum Gasteiger partial charge on any atom is 0.292 e. The number of ether oxygens (including phenoxy) is 1. The Hall–Kier alpha value is -2.49. The fraction of sp³-hybridized carbons (Fsp3) is 0.0714. The molecule has 0 bridgehead atoms. The van der Waals surface area contributed by atoms with E-state index in [1.807, 2.05) is 42.5 Å². The fourth-order valence-corrected chi connectivity index (χ4v) is 1.76. The average Bonchev–Trinajstić information content (AvgIpc) is 2.77. The SMILES string of the molecule is Nc1nc2cc(OCc3ccccc3)ccc2o1. The molecule has 0 amide bonds. The third kappa shape index (κ3) is 2.13. The Morgan fingerprint density at radius 3 is 2.78 bits per heavy atom. The van der Waals surface area contributed by atoms with Gasteiger partial charge in [-0.05, 0) is 17.7 Å². The fourth-order valence-electron chi connectivity index (χ4n) is 1.76. The molecule has 4 nitrogen and oxygen atoms in total. The van der Waals surface area contributed by atoms with E-state index < -0.39 is 0 Å². The zero-order valence-electron chi connectivity index (χ0n) is 9.67. The molecular weight excluding hydrogens is 228 g/mol. The first-order valence-electron chi connectivity index (χ1n) is 5.64. The minimum absolute atomic E-state index is 0.171. The van der Waals surface area contributed by atoms with E-state index in [9.17, 15) is 0 Å². The number of hydrogen-bond donors (Lipinski definition) is 1. The molecule has 3 rings (SSSR count). The van der Waals surface area contributed by atoms with Gasteiger partial charge in [0.05, 0.1) is 0 Å². The molecule has 0 unspecified atom stereocenters. The summed E-state index contributed by atoms with van der Waals surface area (Å²) in [5.74, 6) is 0.750. The first-order valence-corrected chi connectivity index (χ1v) is 5.64. The van der Waals surface area contributed by atoms with Gasteiger partial charge in [0.2, 0.25) is 0 Å². The smallest absolute Gasteiger partial charge is 0.292 e. The highest BCUT2D eigenvalue weighted by atomic mass is 16.5. The molecule has 18 heavy (non-hydrogen) atoms. The van der Waals surface area contributed by atoms with E-state index in [-0.39, 0.29) is 6.01 Å². The van der Waals surface area contributed by atoms with Gasteiger partial charge in [-0.3, -0.25) is 0 Å². The molecule has 0 spiro atoms. The van der Waals surface area contributed by atoms with Crippen LogP contribution in [0.5, 0.6) is 5.75 Å². The number of hydrogen-bond acceptors (Lipinski definition) is 4. The minimum Gasteiger partial charge on any atom is -0.489 e. The Morgan fingerprint density at radius 1 is 1.11 bits per heavy atom. The molecule has 4 heteroatoms. The number of aromatic nitrogens is 1. The molecule has 0 aliphatic rings. The Kier molecular flexibility index (Phi) is 2.61. The summed E-state index contributed by atoms with van der Waals surface area (Å²) in [6, 6.07) is 15.6. The maximum absolute atomic E-state index is 5.69. The number of oxazole rings is 1. The van der Waals surface area contributed by atoms with Crippen LogP contribution in [-0.4, -0.2) is 4.98 Å². The van der Waals surface area contributed by atoms with Crippen LogP contribution < -0.4 is 10.5 Å². The van der Waals surface area contributed by atoms with Gasteiger partial charge in [0.1, 0.15) is 17.9 Å². The molecular formula is C14H12N2O2. The van der Waals surface area contributed by atoms with Crippen LogP contribution in [0.25, 0.3) is 11.1 Å². The second kappa shape index (κ2) is 4.41.